The number of halogens is 1. The van der Waals surface area contributed by atoms with Gasteiger partial charge in [0, 0.05) is 23.4 Å². The van der Waals surface area contributed by atoms with Crippen molar-refractivity contribution >= 4 is 31.3 Å². The van der Waals surface area contributed by atoms with E-state index in [2.05, 4.69) is 15.3 Å². The molecule has 0 saturated heterocycles. The minimum atomic E-state index is -3.46. The van der Waals surface area contributed by atoms with Gasteiger partial charge in [-0.15, -0.1) is 0 Å². The molecule has 37 heavy (non-hydrogen) atoms. The molecule has 0 heterocycles. The van der Waals surface area contributed by atoms with E-state index in [1.165, 1.54) is 7.11 Å². The lowest BCUT2D eigenvalue weighted by Gasteiger charge is -2.44. The van der Waals surface area contributed by atoms with Crippen LogP contribution in [0.25, 0.3) is 10.4 Å². The first-order chi connectivity index (χ1) is 17.1. The molecule has 0 aliphatic carbocycles. The average molecular weight is 535 g/mol. The summed E-state index contributed by atoms with van der Waals surface area (Å²) in [5.41, 5.74) is 9.25. The number of ether oxygens (including phenoxy) is 1. The summed E-state index contributed by atoms with van der Waals surface area (Å²) in [7, 11) is -2.19. The molecule has 0 bridgehead atoms. The van der Waals surface area contributed by atoms with Crippen LogP contribution in [-0.2, 0) is 14.3 Å². The van der Waals surface area contributed by atoms with Gasteiger partial charge in [-0.2, -0.15) is 0 Å². The molecule has 0 fully saturated rings. The van der Waals surface area contributed by atoms with Crippen molar-refractivity contribution in [1.29, 1.82) is 0 Å². The van der Waals surface area contributed by atoms with Gasteiger partial charge in [0.05, 0.1) is 13.0 Å². The summed E-state index contributed by atoms with van der Waals surface area (Å²) >= 11 is 0. The average Bonchev–Trinajstić information content (AvgIpc) is 2.83. The minimum Gasteiger partial charge on any atom is -0.469 e. The smallest absolute Gasteiger partial charge is 0.309 e. The number of ketones is 1. The van der Waals surface area contributed by atoms with Crippen molar-refractivity contribution in [1.82, 2.24) is 5.32 Å². The Morgan fingerprint density at radius 2 is 1.65 bits per heavy atom. The number of methoxy groups -OCH3 is 1. The van der Waals surface area contributed by atoms with Gasteiger partial charge in [0.25, 0.3) is 14.3 Å². The van der Waals surface area contributed by atoms with E-state index in [4.69, 9.17) is 10.3 Å². The summed E-state index contributed by atoms with van der Waals surface area (Å²) in [5.74, 6) is -2.02. The fourth-order valence-electron chi connectivity index (χ4n) is 4.90. The normalized spacial score (nSPS) is 13.8. The molecule has 0 aromatic heterocycles. The number of rotatable bonds is 13. The van der Waals surface area contributed by atoms with Crippen molar-refractivity contribution in [3.63, 3.8) is 0 Å². The van der Waals surface area contributed by atoms with E-state index in [0.717, 1.165) is 19.3 Å². The van der Waals surface area contributed by atoms with Crippen LogP contribution in [0.4, 0.5) is 4.11 Å². The van der Waals surface area contributed by atoms with E-state index in [1.54, 1.807) is 24.3 Å². The first-order valence-electron chi connectivity index (χ1n) is 12.9. The van der Waals surface area contributed by atoms with Gasteiger partial charge in [0.2, 0.25) is 0 Å². The van der Waals surface area contributed by atoms with Crippen molar-refractivity contribution in [2.45, 2.75) is 96.7 Å². The molecule has 10 heteroatoms. The molecule has 1 aromatic rings. The second-order valence-electron chi connectivity index (χ2n) is 11.6. The van der Waals surface area contributed by atoms with Gasteiger partial charge in [-0.25, -0.2) is 0 Å². The summed E-state index contributed by atoms with van der Waals surface area (Å²) < 4.78 is 21.3. The molecule has 0 spiro atoms. The number of hydrogen-bond donors (Lipinski definition) is 1. The number of azide groups is 1. The summed E-state index contributed by atoms with van der Waals surface area (Å²) in [6.07, 6.45) is 3.03. The van der Waals surface area contributed by atoms with Crippen LogP contribution in [0.5, 0.6) is 0 Å². The number of carbonyl (C=O) groups excluding carboxylic acids is 3. The highest BCUT2D eigenvalue weighted by molar-refractivity contribution is 6.90. The fourth-order valence-corrected chi connectivity index (χ4v) is 9.51. The monoisotopic (exact) mass is 534 g/mol. The minimum absolute atomic E-state index is 0.131. The summed E-state index contributed by atoms with van der Waals surface area (Å²) in [6.45, 7) is 13.3. The SMILES string of the molecule is CCCCC[C@@H](CC(=O)[C@H](CNC(=O)c1ccc([Si](F)(C(C)(C)C)C(C)(C)C)cc1)N=[N+]=[N-])C(=O)OC. The number of hydrogen-bond acceptors (Lipinski definition) is 5. The van der Waals surface area contributed by atoms with Crippen molar-refractivity contribution < 1.29 is 23.2 Å². The van der Waals surface area contributed by atoms with Crippen LogP contribution in [0.1, 0.15) is 90.9 Å². The van der Waals surface area contributed by atoms with Crippen LogP contribution in [0, 0.1) is 5.92 Å². The highest BCUT2D eigenvalue weighted by Crippen LogP contribution is 2.51. The highest BCUT2D eigenvalue weighted by atomic mass is 28.4. The first-order valence-corrected chi connectivity index (χ1v) is 14.7. The second-order valence-corrected chi connectivity index (χ2v) is 16.4. The van der Waals surface area contributed by atoms with E-state index in [0.29, 0.717) is 17.2 Å². The number of nitrogens with one attached hydrogen (secondary N) is 1. The van der Waals surface area contributed by atoms with Gasteiger partial charge in [0.1, 0.15) is 11.8 Å². The number of esters is 1. The molecular weight excluding hydrogens is 491 g/mol. The van der Waals surface area contributed by atoms with Gasteiger partial charge in [0.15, 0.2) is 0 Å². The maximum absolute atomic E-state index is 16.5. The molecule has 1 N–H and O–H groups in total. The maximum Gasteiger partial charge on any atom is 0.309 e. The number of nitrogens with zero attached hydrogens (tertiary/aromatic N) is 3. The summed E-state index contributed by atoms with van der Waals surface area (Å²) in [5, 5.41) is 5.70. The lowest BCUT2D eigenvalue weighted by molar-refractivity contribution is -0.147. The van der Waals surface area contributed by atoms with Crippen LogP contribution < -0.4 is 10.5 Å². The molecule has 206 valence electrons. The lowest BCUT2D eigenvalue weighted by atomic mass is 9.93. The molecule has 0 unspecified atom stereocenters. The van der Waals surface area contributed by atoms with E-state index in [1.807, 2.05) is 48.5 Å². The van der Waals surface area contributed by atoms with Crippen LogP contribution in [0.3, 0.4) is 0 Å². The van der Waals surface area contributed by atoms with Crippen molar-refractivity contribution in [2.24, 2.45) is 11.0 Å². The molecular formula is C27H43FN4O4Si. The first kappa shape index (κ1) is 32.3. The van der Waals surface area contributed by atoms with E-state index in [-0.39, 0.29) is 13.0 Å². The lowest BCUT2D eigenvalue weighted by Crippen LogP contribution is -2.57. The molecule has 1 amide bonds. The topological polar surface area (TPSA) is 121 Å². The van der Waals surface area contributed by atoms with Crippen LogP contribution in [0.2, 0.25) is 10.1 Å². The Kier molecular flexibility index (Phi) is 12.0. The number of Topliss-reactive ketones (excluding diaryl/α,β-unsaturated/α-hetero) is 1. The Morgan fingerprint density at radius 1 is 1.08 bits per heavy atom. The number of unbranched alkanes of at least 4 members (excludes halogenated alkanes) is 2. The third-order valence-corrected chi connectivity index (χ3v) is 12.0. The van der Waals surface area contributed by atoms with Crippen LogP contribution >= 0.6 is 0 Å². The van der Waals surface area contributed by atoms with Gasteiger partial charge in [-0.05, 0) is 39.3 Å². The molecule has 8 nitrogen and oxygen atoms in total. The molecule has 1 rings (SSSR count). The van der Waals surface area contributed by atoms with Gasteiger partial charge in [-0.1, -0.05) is 85.0 Å². The molecule has 0 aliphatic rings. The third-order valence-electron chi connectivity index (χ3n) is 6.77. The standard InChI is InChI=1S/C27H43FN4O4Si/c1-9-10-11-12-20(25(35)36-8)17-23(33)22(31-32-29)18-30-24(34)19-13-15-21(16-14-19)37(28,26(2,3)4)27(5,6)7/h13-16,20,22H,9-12,17-18H2,1-8H3,(H,30,34)/t20-,22-/m0/s1. The molecule has 2 atom stereocenters. The Labute approximate surface area is 221 Å². The Balaban J connectivity index is 2.98. The Morgan fingerprint density at radius 3 is 2.11 bits per heavy atom. The van der Waals surface area contributed by atoms with Crippen molar-refractivity contribution in [3.05, 3.63) is 40.3 Å². The molecule has 0 radical (unpaired) electrons. The van der Waals surface area contributed by atoms with Crippen LogP contribution in [0.15, 0.2) is 29.4 Å². The zero-order valence-electron chi connectivity index (χ0n) is 23.6. The van der Waals surface area contributed by atoms with E-state index >= 15 is 4.11 Å². The fraction of sp³-hybridized carbons (Fsp3) is 0.667. The third kappa shape index (κ3) is 8.40. The van der Waals surface area contributed by atoms with Gasteiger partial charge >= 0.3 is 5.97 Å². The second kappa shape index (κ2) is 13.7. The largest absolute Gasteiger partial charge is 0.469 e. The van der Waals surface area contributed by atoms with Gasteiger partial charge < -0.3 is 14.2 Å². The predicted molar refractivity (Wildman–Crippen MR) is 147 cm³/mol. The van der Waals surface area contributed by atoms with Crippen molar-refractivity contribution in [3.8, 4) is 0 Å². The highest BCUT2D eigenvalue weighted by Gasteiger charge is 2.56. The summed E-state index contributed by atoms with van der Waals surface area (Å²) in [4.78, 5) is 40.5. The zero-order valence-corrected chi connectivity index (χ0v) is 24.6. The van der Waals surface area contributed by atoms with Gasteiger partial charge in [-0.3, -0.25) is 14.4 Å². The molecule has 1 aromatic carbocycles. The van der Waals surface area contributed by atoms with Crippen LogP contribution in [-0.4, -0.2) is 45.8 Å². The Hall–Kier alpha value is -2.71. The predicted octanol–water partition coefficient (Wildman–Crippen LogP) is 6.15. The number of benzene rings is 1. The zero-order chi connectivity index (χ0) is 28.4. The number of amides is 1. The van der Waals surface area contributed by atoms with Crippen molar-refractivity contribution in [2.75, 3.05) is 13.7 Å². The van der Waals surface area contributed by atoms with E-state index < -0.39 is 48.1 Å². The number of carbonyl (C=O) groups is 3. The summed E-state index contributed by atoms with van der Waals surface area (Å²) in [6, 6.07) is 5.35. The maximum atomic E-state index is 16.5. The molecule has 0 aliphatic heterocycles. The Bertz CT molecular complexity index is 966. The van der Waals surface area contributed by atoms with E-state index in [9.17, 15) is 14.4 Å². The molecule has 0 saturated carbocycles. The quantitative estimate of drug-likeness (QED) is 0.0620.